The van der Waals surface area contributed by atoms with Gasteiger partial charge in [0.25, 0.3) is 0 Å². The first-order valence-corrected chi connectivity index (χ1v) is 12.0. The van der Waals surface area contributed by atoms with Gasteiger partial charge in [0, 0.05) is 5.56 Å². The Balaban J connectivity index is 1.49. The maximum absolute atomic E-state index is 10.8. The van der Waals surface area contributed by atoms with E-state index in [1.165, 1.54) is 0 Å². The number of benzene rings is 4. The summed E-state index contributed by atoms with van der Waals surface area (Å²) in [5, 5.41) is 10.8. The van der Waals surface area contributed by atoms with Crippen molar-refractivity contribution >= 4 is 0 Å². The summed E-state index contributed by atoms with van der Waals surface area (Å²) in [6.07, 6.45) is 0. The molecule has 192 valence electrons. The largest absolute Gasteiger partial charge is 0.497 e. The van der Waals surface area contributed by atoms with Crippen LogP contribution in [0.3, 0.4) is 0 Å². The van der Waals surface area contributed by atoms with Crippen LogP contribution in [0.25, 0.3) is 0 Å². The third-order valence-corrected chi connectivity index (χ3v) is 5.94. The lowest BCUT2D eigenvalue weighted by atomic mass is 10.1. The lowest BCUT2D eigenvalue weighted by Crippen LogP contribution is -2.25. The molecule has 0 aliphatic rings. The molecule has 0 spiro atoms. The molecule has 0 heterocycles. The molecule has 0 radical (unpaired) electrons. The van der Waals surface area contributed by atoms with E-state index < -0.39 is 5.79 Å². The van der Waals surface area contributed by atoms with Gasteiger partial charge in [-0.25, -0.2) is 0 Å². The summed E-state index contributed by atoms with van der Waals surface area (Å²) in [5.41, 5.74) is 3.53. The van der Waals surface area contributed by atoms with E-state index in [0.717, 1.165) is 28.2 Å². The van der Waals surface area contributed by atoms with Gasteiger partial charge < -0.3 is 28.8 Å². The van der Waals surface area contributed by atoms with E-state index in [9.17, 15) is 5.11 Å². The smallest absolute Gasteiger partial charge is 0.189 e. The van der Waals surface area contributed by atoms with Crippen molar-refractivity contribution in [3.8, 4) is 23.0 Å². The number of hydrogen-bond donors (Lipinski definition) is 1. The summed E-state index contributed by atoms with van der Waals surface area (Å²) in [6, 6.07) is 30.4. The summed E-state index contributed by atoms with van der Waals surface area (Å²) in [4.78, 5) is 0. The molecule has 1 atom stereocenters. The Morgan fingerprint density at radius 2 is 1.11 bits per heavy atom. The van der Waals surface area contributed by atoms with E-state index in [1.807, 2.05) is 97.1 Å². The zero-order valence-electron chi connectivity index (χ0n) is 21.3. The van der Waals surface area contributed by atoms with Gasteiger partial charge in [0.15, 0.2) is 17.3 Å². The number of rotatable bonds is 12. The lowest BCUT2D eigenvalue weighted by Gasteiger charge is -2.24. The molecule has 6 nitrogen and oxygen atoms in total. The molecule has 37 heavy (non-hydrogen) atoms. The van der Waals surface area contributed by atoms with Crippen LogP contribution in [0.5, 0.6) is 23.0 Å². The van der Waals surface area contributed by atoms with Crippen molar-refractivity contribution in [1.29, 1.82) is 0 Å². The molecular formula is C31H32O6. The minimum Gasteiger partial charge on any atom is -0.497 e. The molecular weight excluding hydrogens is 468 g/mol. The third kappa shape index (κ3) is 7.26. The van der Waals surface area contributed by atoms with Gasteiger partial charge in [0.2, 0.25) is 0 Å². The zero-order valence-corrected chi connectivity index (χ0v) is 21.3. The Bertz CT molecular complexity index is 1250. The average Bonchev–Trinajstić information content (AvgIpc) is 2.95. The molecule has 0 aliphatic heterocycles. The van der Waals surface area contributed by atoms with Gasteiger partial charge in [-0.1, -0.05) is 60.7 Å². The highest BCUT2D eigenvalue weighted by Gasteiger charge is 2.23. The molecule has 1 unspecified atom stereocenters. The Kier molecular flexibility index (Phi) is 8.67. The molecule has 6 heteroatoms. The van der Waals surface area contributed by atoms with Crippen LogP contribution in [0.15, 0.2) is 97.1 Å². The van der Waals surface area contributed by atoms with Crippen molar-refractivity contribution in [1.82, 2.24) is 0 Å². The summed E-state index contributed by atoms with van der Waals surface area (Å²) < 4.78 is 28.6. The zero-order chi connectivity index (χ0) is 26.1. The molecule has 0 fully saturated rings. The van der Waals surface area contributed by atoms with Crippen LogP contribution in [-0.2, 0) is 30.3 Å². The van der Waals surface area contributed by atoms with Crippen LogP contribution in [0.1, 0.15) is 29.2 Å². The van der Waals surface area contributed by atoms with Gasteiger partial charge in [-0.15, -0.1) is 0 Å². The summed E-state index contributed by atoms with van der Waals surface area (Å²) in [6.45, 7) is 2.56. The second kappa shape index (κ2) is 12.3. The minimum absolute atomic E-state index is 0.194. The van der Waals surface area contributed by atoms with Crippen LogP contribution in [0, 0.1) is 0 Å². The molecule has 0 saturated heterocycles. The van der Waals surface area contributed by atoms with E-state index in [1.54, 1.807) is 21.1 Å². The molecule has 4 rings (SSSR count). The maximum Gasteiger partial charge on any atom is 0.189 e. The van der Waals surface area contributed by atoms with E-state index in [4.69, 9.17) is 23.7 Å². The first kappa shape index (κ1) is 26.1. The maximum atomic E-state index is 10.8. The summed E-state index contributed by atoms with van der Waals surface area (Å²) in [5.74, 6) is 1.36. The fraction of sp³-hybridized carbons (Fsp3) is 0.226. The Hall–Kier alpha value is -4.00. The van der Waals surface area contributed by atoms with Gasteiger partial charge in [0.1, 0.15) is 24.7 Å². The molecule has 0 saturated carbocycles. The van der Waals surface area contributed by atoms with Crippen LogP contribution < -0.4 is 18.9 Å². The van der Waals surface area contributed by atoms with Gasteiger partial charge in [-0.2, -0.15) is 0 Å². The van der Waals surface area contributed by atoms with Crippen LogP contribution in [0.4, 0.5) is 0 Å². The highest BCUT2D eigenvalue weighted by molar-refractivity contribution is 5.43. The molecule has 4 aromatic carbocycles. The van der Waals surface area contributed by atoms with Crippen molar-refractivity contribution in [2.75, 3.05) is 14.2 Å². The number of hydrogen-bond acceptors (Lipinski definition) is 6. The second-order valence-electron chi connectivity index (χ2n) is 8.69. The summed E-state index contributed by atoms with van der Waals surface area (Å²) in [7, 11) is 3.28. The van der Waals surface area contributed by atoms with Gasteiger partial charge in [-0.3, -0.25) is 0 Å². The van der Waals surface area contributed by atoms with Crippen LogP contribution >= 0.6 is 0 Å². The monoisotopic (exact) mass is 500 g/mol. The first-order valence-electron chi connectivity index (χ1n) is 12.0. The van der Waals surface area contributed by atoms with Crippen LogP contribution in [0.2, 0.25) is 0 Å². The molecule has 0 aromatic heterocycles. The normalized spacial score (nSPS) is 12.4. The van der Waals surface area contributed by atoms with Crippen LogP contribution in [-0.4, -0.2) is 19.3 Å². The first-order chi connectivity index (χ1) is 18.0. The van der Waals surface area contributed by atoms with Crippen molar-refractivity contribution in [2.24, 2.45) is 0 Å². The molecule has 4 aromatic rings. The predicted octanol–water partition coefficient (Wildman–Crippen LogP) is 6.24. The molecule has 1 N–H and O–H groups in total. The van der Waals surface area contributed by atoms with Crippen molar-refractivity contribution in [3.05, 3.63) is 119 Å². The number of ether oxygens (including phenoxy) is 5. The van der Waals surface area contributed by atoms with Crippen molar-refractivity contribution < 1.29 is 28.8 Å². The Morgan fingerprint density at radius 3 is 1.65 bits per heavy atom. The van der Waals surface area contributed by atoms with Crippen molar-refractivity contribution in [2.45, 2.75) is 32.5 Å². The van der Waals surface area contributed by atoms with Gasteiger partial charge >= 0.3 is 0 Å². The topological polar surface area (TPSA) is 66.4 Å². The lowest BCUT2D eigenvalue weighted by molar-refractivity contribution is -0.206. The van der Waals surface area contributed by atoms with E-state index in [0.29, 0.717) is 30.3 Å². The number of methoxy groups -OCH3 is 2. The van der Waals surface area contributed by atoms with Crippen molar-refractivity contribution in [3.63, 3.8) is 0 Å². The summed E-state index contributed by atoms with van der Waals surface area (Å²) >= 11 is 0. The average molecular weight is 501 g/mol. The Morgan fingerprint density at radius 1 is 0.595 bits per heavy atom. The highest BCUT2D eigenvalue weighted by Crippen LogP contribution is 2.32. The SMILES string of the molecule is COc1ccc(COc2ccc(COC(C)(O)c3ccccc3)cc2OCc2ccc(OC)cc2)cc1. The fourth-order valence-corrected chi connectivity index (χ4v) is 3.69. The fourth-order valence-electron chi connectivity index (χ4n) is 3.69. The third-order valence-electron chi connectivity index (χ3n) is 5.94. The standard InChI is InChI=1S/C31H32O6/c1-31(32,26-7-5-4-6-8-26)37-22-25-13-18-29(35-20-23-9-14-27(33-2)15-10-23)30(19-25)36-21-24-11-16-28(34-3)17-12-24/h4-19,32H,20-22H2,1-3H3. The second-order valence-corrected chi connectivity index (χ2v) is 8.69. The molecule has 0 bridgehead atoms. The van der Waals surface area contributed by atoms with E-state index >= 15 is 0 Å². The Labute approximate surface area is 218 Å². The molecule has 0 aliphatic carbocycles. The van der Waals surface area contributed by atoms with E-state index in [-0.39, 0.29) is 6.61 Å². The quantitative estimate of drug-likeness (QED) is 0.232. The highest BCUT2D eigenvalue weighted by atomic mass is 16.6. The molecule has 0 amide bonds. The minimum atomic E-state index is -1.42. The number of aliphatic hydroxyl groups is 1. The van der Waals surface area contributed by atoms with Gasteiger partial charge in [-0.05, 0) is 60.0 Å². The predicted molar refractivity (Wildman–Crippen MR) is 142 cm³/mol. The van der Waals surface area contributed by atoms with Gasteiger partial charge in [0.05, 0.1) is 20.8 Å². The van der Waals surface area contributed by atoms with E-state index in [2.05, 4.69) is 0 Å².